The maximum atomic E-state index is 4.28. The van der Waals surface area contributed by atoms with Crippen molar-refractivity contribution in [3.63, 3.8) is 0 Å². The fourth-order valence-electron chi connectivity index (χ4n) is 2.75. The highest BCUT2D eigenvalue weighted by Crippen LogP contribution is 2.35. The summed E-state index contributed by atoms with van der Waals surface area (Å²) in [4.78, 5) is 0. The number of nitrogens with one attached hydrogen (secondary N) is 1. The van der Waals surface area contributed by atoms with Gasteiger partial charge in [0.25, 0.3) is 0 Å². The number of hydrogen-bond acceptors (Lipinski definition) is 3. The van der Waals surface area contributed by atoms with Crippen molar-refractivity contribution in [1.82, 2.24) is 20.3 Å². The van der Waals surface area contributed by atoms with Crippen LogP contribution in [-0.4, -0.2) is 22.0 Å². The van der Waals surface area contributed by atoms with Crippen LogP contribution in [0.2, 0.25) is 0 Å². The van der Waals surface area contributed by atoms with Crippen molar-refractivity contribution in [2.24, 2.45) is 5.92 Å². The van der Waals surface area contributed by atoms with E-state index in [1.807, 2.05) is 7.05 Å². The second-order valence-electron chi connectivity index (χ2n) is 4.74. The Bertz CT molecular complexity index is 321. The number of rotatable bonds is 4. The molecule has 1 fully saturated rings. The lowest BCUT2D eigenvalue weighted by atomic mass is 9.83. The van der Waals surface area contributed by atoms with Crippen LogP contribution in [0.15, 0.2) is 6.20 Å². The summed E-state index contributed by atoms with van der Waals surface area (Å²) in [5.74, 6) is 0.790. The van der Waals surface area contributed by atoms with E-state index in [0.29, 0.717) is 6.04 Å². The third-order valence-corrected chi connectivity index (χ3v) is 3.65. The van der Waals surface area contributed by atoms with Gasteiger partial charge in [-0.25, -0.2) is 4.68 Å². The summed E-state index contributed by atoms with van der Waals surface area (Å²) in [6.07, 6.45) is 8.69. The zero-order valence-corrected chi connectivity index (χ0v) is 10.3. The van der Waals surface area contributed by atoms with E-state index in [2.05, 4.69) is 33.4 Å². The van der Waals surface area contributed by atoms with E-state index in [1.165, 1.54) is 32.1 Å². The first-order chi connectivity index (χ1) is 7.85. The highest BCUT2D eigenvalue weighted by Gasteiger charge is 2.25. The van der Waals surface area contributed by atoms with Crippen LogP contribution in [0, 0.1) is 5.92 Å². The topological polar surface area (TPSA) is 42.7 Å². The maximum absolute atomic E-state index is 4.28. The molecule has 4 heteroatoms. The first-order valence-corrected chi connectivity index (χ1v) is 6.40. The Morgan fingerprint density at radius 2 is 2.25 bits per heavy atom. The third-order valence-electron chi connectivity index (χ3n) is 3.65. The molecule has 0 saturated heterocycles. The van der Waals surface area contributed by atoms with E-state index < -0.39 is 0 Å². The molecule has 1 aromatic heterocycles. The highest BCUT2D eigenvalue weighted by molar-refractivity contribution is 4.94. The Balaban J connectivity index is 2.08. The molecule has 1 saturated carbocycles. The van der Waals surface area contributed by atoms with Gasteiger partial charge in [0.05, 0.1) is 17.9 Å². The molecule has 2 unspecified atom stereocenters. The van der Waals surface area contributed by atoms with Crippen LogP contribution in [0.3, 0.4) is 0 Å². The van der Waals surface area contributed by atoms with Gasteiger partial charge in [-0.2, -0.15) is 0 Å². The monoisotopic (exact) mass is 222 g/mol. The minimum absolute atomic E-state index is 0.580. The fourth-order valence-corrected chi connectivity index (χ4v) is 2.75. The second kappa shape index (κ2) is 5.43. The molecule has 1 aliphatic rings. The molecule has 1 aliphatic carbocycles. The summed E-state index contributed by atoms with van der Waals surface area (Å²) in [5, 5.41) is 11.6. The van der Waals surface area contributed by atoms with Gasteiger partial charge in [-0.15, -0.1) is 5.10 Å². The van der Waals surface area contributed by atoms with Crippen LogP contribution in [-0.2, 0) is 6.54 Å². The van der Waals surface area contributed by atoms with Crippen molar-refractivity contribution in [2.75, 3.05) is 7.05 Å². The average molecular weight is 222 g/mol. The van der Waals surface area contributed by atoms with E-state index in [0.717, 1.165) is 18.2 Å². The molecule has 90 valence electrons. The van der Waals surface area contributed by atoms with Gasteiger partial charge in [0.1, 0.15) is 0 Å². The Kier molecular flexibility index (Phi) is 3.93. The molecular formula is C12H22N4. The minimum atomic E-state index is 0.580. The lowest BCUT2D eigenvalue weighted by Gasteiger charge is -2.30. The van der Waals surface area contributed by atoms with Crippen molar-refractivity contribution < 1.29 is 0 Å². The minimum Gasteiger partial charge on any atom is -0.314 e. The standard InChI is InChI=1S/C12H22N4/c1-3-10-6-4-5-7-12(10)16-9-11(8-13-2)14-15-16/h9-10,12-13H,3-8H2,1-2H3. The molecular weight excluding hydrogens is 200 g/mol. The first kappa shape index (κ1) is 11.6. The van der Waals surface area contributed by atoms with Gasteiger partial charge in [-0.1, -0.05) is 31.4 Å². The van der Waals surface area contributed by atoms with Gasteiger partial charge in [-0.05, 0) is 25.8 Å². The van der Waals surface area contributed by atoms with Crippen LogP contribution in [0.4, 0.5) is 0 Å². The van der Waals surface area contributed by atoms with Crippen molar-refractivity contribution >= 4 is 0 Å². The van der Waals surface area contributed by atoms with Crippen molar-refractivity contribution in [3.8, 4) is 0 Å². The van der Waals surface area contributed by atoms with Gasteiger partial charge in [0.15, 0.2) is 0 Å². The lowest BCUT2D eigenvalue weighted by molar-refractivity contribution is 0.214. The lowest BCUT2D eigenvalue weighted by Crippen LogP contribution is -2.23. The van der Waals surface area contributed by atoms with E-state index >= 15 is 0 Å². The SMILES string of the molecule is CCC1CCCCC1n1cc(CNC)nn1. The van der Waals surface area contributed by atoms with E-state index in [4.69, 9.17) is 0 Å². The summed E-state index contributed by atoms with van der Waals surface area (Å²) in [7, 11) is 1.94. The summed E-state index contributed by atoms with van der Waals surface area (Å²) < 4.78 is 2.10. The fraction of sp³-hybridized carbons (Fsp3) is 0.833. The zero-order chi connectivity index (χ0) is 11.4. The van der Waals surface area contributed by atoms with E-state index in [1.54, 1.807) is 0 Å². The van der Waals surface area contributed by atoms with Gasteiger partial charge < -0.3 is 5.32 Å². The molecule has 1 heterocycles. The van der Waals surface area contributed by atoms with E-state index in [9.17, 15) is 0 Å². The largest absolute Gasteiger partial charge is 0.314 e. The molecule has 1 N–H and O–H groups in total. The molecule has 0 radical (unpaired) electrons. The van der Waals surface area contributed by atoms with Crippen LogP contribution >= 0.6 is 0 Å². The number of aromatic nitrogens is 3. The molecule has 1 aromatic rings. The van der Waals surface area contributed by atoms with Crippen LogP contribution < -0.4 is 5.32 Å². The Morgan fingerprint density at radius 3 is 3.00 bits per heavy atom. The summed E-state index contributed by atoms with van der Waals surface area (Å²) in [5.41, 5.74) is 1.04. The summed E-state index contributed by atoms with van der Waals surface area (Å²) in [6, 6.07) is 0.580. The Hall–Kier alpha value is -0.900. The Morgan fingerprint density at radius 1 is 1.44 bits per heavy atom. The van der Waals surface area contributed by atoms with Gasteiger partial charge in [0.2, 0.25) is 0 Å². The average Bonchev–Trinajstić information content (AvgIpc) is 2.78. The molecule has 16 heavy (non-hydrogen) atoms. The van der Waals surface area contributed by atoms with Crippen molar-refractivity contribution in [3.05, 3.63) is 11.9 Å². The van der Waals surface area contributed by atoms with Crippen molar-refractivity contribution in [2.45, 2.75) is 51.6 Å². The number of nitrogens with zero attached hydrogens (tertiary/aromatic N) is 3. The van der Waals surface area contributed by atoms with Crippen LogP contribution in [0.1, 0.15) is 50.8 Å². The van der Waals surface area contributed by atoms with Crippen molar-refractivity contribution in [1.29, 1.82) is 0 Å². The second-order valence-corrected chi connectivity index (χ2v) is 4.74. The smallest absolute Gasteiger partial charge is 0.0964 e. The molecule has 0 aromatic carbocycles. The van der Waals surface area contributed by atoms with Crippen LogP contribution in [0.5, 0.6) is 0 Å². The molecule has 2 atom stereocenters. The van der Waals surface area contributed by atoms with Gasteiger partial charge in [0, 0.05) is 6.54 Å². The molecule has 0 spiro atoms. The third kappa shape index (κ3) is 2.43. The quantitative estimate of drug-likeness (QED) is 0.848. The van der Waals surface area contributed by atoms with E-state index in [-0.39, 0.29) is 0 Å². The number of hydrogen-bond donors (Lipinski definition) is 1. The molecule has 0 amide bonds. The van der Waals surface area contributed by atoms with Crippen LogP contribution in [0.25, 0.3) is 0 Å². The normalized spacial score (nSPS) is 25.9. The molecule has 4 nitrogen and oxygen atoms in total. The summed E-state index contributed by atoms with van der Waals surface area (Å²) >= 11 is 0. The zero-order valence-electron chi connectivity index (χ0n) is 10.3. The van der Waals surface area contributed by atoms with Gasteiger partial charge in [-0.3, -0.25) is 0 Å². The predicted molar refractivity (Wildman–Crippen MR) is 64.1 cm³/mol. The first-order valence-electron chi connectivity index (χ1n) is 6.40. The summed E-state index contributed by atoms with van der Waals surface area (Å²) in [6.45, 7) is 3.10. The molecule has 0 bridgehead atoms. The molecule has 0 aliphatic heterocycles. The molecule has 2 rings (SSSR count). The van der Waals surface area contributed by atoms with Gasteiger partial charge >= 0.3 is 0 Å². The highest BCUT2D eigenvalue weighted by atomic mass is 15.4. The maximum Gasteiger partial charge on any atom is 0.0964 e. The Labute approximate surface area is 97.4 Å². The predicted octanol–water partition coefficient (Wildman–Crippen LogP) is 2.14.